The summed E-state index contributed by atoms with van der Waals surface area (Å²) in [6.07, 6.45) is 5.03. The number of carbonyl (C=O) groups excluding carboxylic acids is 1. The predicted molar refractivity (Wildman–Crippen MR) is 75.8 cm³/mol. The Kier molecular flexibility index (Phi) is 6.72. The van der Waals surface area contributed by atoms with Crippen LogP contribution in [0.3, 0.4) is 0 Å². The van der Waals surface area contributed by atoms with Gasteiger partial charge in [-0.1, -0.05) is 18.2 Å². The zero-order valence-electron chi connectivity index (χ0n) is 11.5. The molecule has 1 amide bonds. The van der Waals surface area contributed by atoms with Gasteiger partial charge in [0.05, 0.1) is 11.8 Å². The van der Waals surface area contributed by atoms with E-state index in [0.29, 0.717) is 5.56 Å². The molecule has 2 rings (SSSR count). The van der Waals surface area contributed by atoms with Gasteiger partial charge in [-0.2, -0.15) is 9.67 Å². The summed E-state index contributed by atoms with van der Waals surface area (Å²) in [6.45, 7) is 0.177. The van der Waals surface area contributed by atoms with Crippen molar-refractivity contribution in [2.75, 3.05) is 0 Å². The number of aromatic carboxylic acids is 1. The number of carboxylic acid groups (broad SMARTS) is 1. The highest BCUT2D eigenvalue weighted by Crippen LogP contribution is 2.02. The van der Waals surface area contributed by atoms with E-state index in [4.69, 9.17) is 5.11 Å². The molecule has 22 heavy (non-hydrogen) atoms. The van der Waals surface area contributed by atoms with Crippen LogP contribution in [0.15, 0.2) is 60.0 Å². The highest BCUT2D eigenvalue weighted by atomic mass is 35.5. The third-order valence-electron chi connectivity index (χ3n) is 2.66. The average Bonchev–Trinajstić information content (AvgIpc) is 2.49. The number of aromatic nitrogens is 1. The maximum atomic E-state index is 11.6. The molecule has 2 aromatic rings. The van der Waals surface area contributed by atoms with Crippen LogP contribution in [0.1, 0.15) is 15.9 Å². The molecule has 0 bridgehead atoms. The average molecular weight is 320 g/mol. The minimum atomic E-state index is -0.980. The molecule has 0 aliphatic carbocycles. The van der Waals surface area contributed by atoms with Gasteiger partial charge in [0.15, 0.2) is 12.4 Å². The van der Waals surface area contributed by atoms with Crippen LogP contribution in [0.4, 0.5) is 0 Å². The fraction of sp³-hybridized carbons (Fsp3) is 0.0667. The summed E-state index contributed by atoms with van der Waals surface area (Å²) >= 11 is 0. The minimum Gasteiger partial charge on any atom is -1.00 e. The Hall–Kier alpha value is -2.73. The maximum absolute atomic E-state index is 11.6. The Morgan fingerprint density at radius 1 is 1.14 bits per heavy atom. The van der Waals surface area contributed by atoms with Crippen LogP contribution in [0.2, 0.25) is 0 Å². The van der Waals surface area contributed by atoms with E-state index in [0.717, 1.165) is 0 Å². The predicted octanol–water partition coefficient (Wildman–Crippen LogP) is -2.17. The Morgan fingerprint density at radius 3 is 2.36 bits per heavy atom. The number of amides is 1. The summed E-state index contributed by atoms with van der Waals surface area (Å²) < 4.78 is 1.73. The summed E-state index contributed by atoms with van der Waals surface area (Å²) in [7, 11) is 0. The molecule has 0 saturated carbocycles. The van der Waals surface area contributed by atoms with Crippen molar-refractivity contribution < 1.29 is 31.7 Å². The van der Waals surface area contributed by atoms with Crippen molar-refractivity contribution in [1.82, 2.24) is 5.43 Å². The summed E-state index contributed by atoms with van der Waals surface area (Å²) in [5.74, 6) is -1.23. The molecule has 0 aliphatic heterocycles. The van der Waals surface area contributed by atoms with Crippen molar-refractivity contribution in [2.45, 2.75) is 6.54 Å². The quantitative estimate of drug-likeness (QED) is 0.374. The molecule has 2 N–H and O–H groups in total. The molecule has 114 valence electrons. The Bertz CT molecular complexity index is 657. The number of halogens is 1. The van der Waals surface area contributed by atoms with Crippen LogP contribution in [0.5, 0.6) is 0 Å². The highest BCUT2D eigenvalue weighted by Gasteiger charge is 2.06. The van der Waals surface area contributed by atoms with Gasteiger partial charge >= 0.3 is 11.9 Å². The van der Waals surface area contributed by atoms with Gasteiger partial charge in [0.1, 0.15) is 0 Å². The standard InChI is InChI=1S/C15H13N3O3.ClH/c19-14(11-18-8-2-1-3-9-18)17-16-10-12-4-6-13(7-5-12)15(20)21;/h1-10H,11H2,(H-,17,19,20,21);1H. The minimum absolute atomic E-state index is 0. The molecule has 1 aromatic heterocycles. The van der Waals surface area contributed by atoms with Gasteiger partial charge in [0, 0.05) is 12.1 Å². The van der Waals surface area contributed by atoms with E-state index in [1.165, 1.54) is 18.3 Å². The first kappa shape index (κ1) is 17.3. The summed E-state index contributed by atoms with van der Waals surface area (Å²) in [5, 5.41) is 12.6. The van der Waals surface area contributed by atoms with Crippen LogP contribution in [-0.4, -0.2) is 23.2 Å². The van der Waals surface area contributed by atoms with E-state index in [1.54, 1.807) is 29.1 Å². The molecule has 6 nitrogen and oxygen atoms in total. The normalized spacial score (nSPS) is 10.0. The monoisotopic (exact) mass is 319 g/mol. The van der Waals surface area contributed by atoms with E-state index in [-0.39, 0.29) is 30.4 Å². The van der Waals surface area contributed by atoms with Gasteiger partial charge in [-0.05, 0) is 17.7 Å². The number of hydrogen-bond acceptors (Lipinski definition) is 3. The number of pyridine rings is 1. The van der Waals surface area contributed by atoms with E-state index >= 15 is 0 Å². The lowest BCUT2D eigenvalue weighted by molar-refractivity contribution is -0.684. The van der Waals surface area contributed by atoms with Crippen molar-refractivity contribution in [3.05, 3.63) is 66.0 Å². The Balaban J connectivity index is 0.00000242. The molecule has 0 atom stereocenters. The molecule has 1 heterocycles. The SMILES string of the molecule is O=C(C[n+]1ccccc1)NN=Cc1ccc(C(=O)O)cc1.[Cl-]. The van der Waals surface area contributed by atoms with Crippen molar-refractivity contribution >= 4 is 18.1 Å². The van der Waals surface area contributed by atoms with Gasteiger partial charge in [-0.3, -0.25) is 4.79 Å². The van der Waals surface area contributed by atoms with Gasteiger partial charge < -0.3 is 17.5 Å². The third kappa shape index (κ3) is 5.34. The first-order valence-corrected chi connectivity index (χ1v) is 6.24. The van der Waals surface area contributed by atoms with E-state index in [1.807, 2.05) is 18.2 Å². The molecule has 0 fully saturated rings. The van der Waals surface area contributed by atoms with E-state index in [9.17, 15) is 9.59 Å². The van der Waals surface area contributed by atoms with Crippen molar-refractivity contribution in [3.63, 3.8) is 0 Å². The maximum Gasteiger partial charge on any atom is 0.335 e. The molecular weight excluding hydrogens is 306 g/mol. The van der Waals surface area contributed by atoms with Crippen molar-refractivity contribution in [2.24, 2.45) is 5.10 Å². The Labute approximate surface area is 133 Å². The van der Waals surface area contributed by atoms with Crippen molar-refractivity contribution in [1.29, 1.82) is 0 Å². The number of rotatable bonds is 5. The van der Waals surface area contributed by atoms with Crippen LogP contribution >= 0.6 is 0 Å². The number of benzene rings is 1. The second-order valence-electron chi connectivity index (χ2n) is 4.27. The molecule has 0 unspecified atom stereocenters. The molecular formula is C15H14ClN3O3. The molecule has 7 heteroatoms. The largest absolute Gasteiger partial charge is 1.00 e. The third-order valence-corrected chi connectivity index (χ3v) is 2.66. The van der Waals surface area contributed by atoms with Crippen LogP contribution in [-0.2, 0) is 11.3 Å². The fourth-order valence-electron chi connectivity index (χ4n) is 1.63. The topological polar surface area (TPSA) is 82.6 Å². The second kappa shape index (κ2) is 8.53. The summed E-state index contributed by atoms with van der Waals surface area (Å²) in [4.78, 5) is 22.3. The van der Waals surface area contributed by atoms with Crippen LogP contribution < -0.4 is 22.4 Å². The summed E-state index contributed by atoms with van der Waals surface area (Å²) in [6, 6.07) is 11.7. The summed E-state index contributed by atoms with van der Waals surface area (Å²) in [5.41, 5.74) is 3.32. The first-order chi connectivity index (χ1) is 10.1. The molecule has 0 radical (unpaired) electrons. The lowest BCUT2D eigenvalue weighted by atomic mass is 10.1. The number of nitrogens with one attached hydrogen (secondary N) is 1. The van der Waals surface area contributed by atoms with Gasteiger partial charge in [-0.25, -0.2) is 10.2 Å². The number of nitrogens with zero attached hydrogens (tertiary/aromatic N) is 2. The van der Waals surface area contributed by atoms with E-state index < -0.39 is 5.97 Å². The van der Waals surface area contributed by atoms with Gasteiger partial charge in [0.25, 0.3) is 0 Å². The second-order valence-corrected chi connectivity index (χ2v) is 4.27. The number of hydrazone groups is 1. The zero-order chi connectivity index (χ0) is 15.1. The van der Waals surface area contributed by atoms with Gasteiger partial charge in [-0.15, -0.1) is 0 Å². The van der Waals surface area contributed by atoms with Gasteiger partial charge in [0.2, 0.25) is 6.54 Å². The number of carbonyl (C=O) groups is 2. The highest BCUT2D eigenvalue weighted by molar-refractivity contribution is 5.89. The number of hydrogen-bond donors (Lipinski definition) is 2. The Morgan fingerprint density at radius 2 is 1.77 bits per heavy atom. The molecule has 0 saturated heterocycles. The molecule has 1 aromatic carbocycles. The smallest absolute Gasteiger partial charge is 0.335 e. The zero-order valence-corrected chi connectivity index (χ0v) is 12.3. The lowest BCUT2D eigenvalue weighted by Crippen LogP contribution is -3.00. The lowest BCUT2D eigenvalue weighted by Gasteiger charge is -1.97. The molecule has 0 aliphatic rings. The van der Waals surface area contributed by atoms with Crippen LogP contribution in [0.25, 0.3) is 0 Å². The number of carboxylic acids is 1. The van der Waals surface area contributed by atoms with E-state index in [2.05, 4.69) is 10.5 Å². The molecule has 0 spiro atoms. The fourth-order valence-corrected chi connectivity index (χ4v) is 1.63. The first-order valence-electron chi connectivity index (χ1n) is 6.24. The van der Waals surface area contributed by atoms with Crippen molar-refractivity contribution in [3.8, 4) is 0 Å². The van der Waals surface area contributed by atoms with Crippen LogP contribution in [0, 0.1) is 0 Å².